The van der Waals surface area contributed by atoms with Gasteiger partial charge in [0.15, 0.2) is 0 Å². The van der Waals surface area contributed by atoms with Gasteiger partial charge in [-0.05, 0) is 32.1 Å². The van der Waals surface area contributed by atoms with E-state index in [0.717, 1.165) is 25.7 Å². The van der Waals surface area contributed by atoms with Gasteiger partial charge in [-0.2, -0.15) is 0 Å². The number of carbonyl (C=O) groups excluding carboxylic acids is 1. The molecule has 4 nitrogen and oxygen atoms in total. The summed E-state index contributed by atoms with van der Waals surface area (Å²) in [4.78, 5) is 23.4. The lowest BCUT2D eigenvalue weighted by Crippen LogP contribution is -2.31. The Morgan fingerprint density at radius 2 is 1.39 bits per heavy atom. The van der Waals surface area contributed by atoms with Crippen LogP contribution in [-0.4, -0.2) is 35.5 Å². The maximum absolute atomic E-state index is 11.6. The monoisotopic (exact) mass is 325 g/mol. The molecule has 0 radical (unpaired) electrons. The molecule has 0 unspecified atom stereocenters. The summed E-state index contributed by atoms with van der Waals surface area (Å²) in [6, 6.07) is 0. The van der Waals surface area contributed by atoms with E-state index in [-0.39, 0.29) is 12.5 Å². The topological polar surface area (TPSA) is 57.6 Å². The van der Waals surface area contributed by atoms with Crippen LogP contribution in [-0.2, 0) is 9.59 Å². The summed E-state index contributed by atoms with van der Waals surface area (Å²) >= 11 is 0. The normalized spacial score (nSPS) is 11.0. The molecule has 1 amide bonds. The lowest BCUT2D eigenvalue weighted by Gasteiger charge is -2.14. The molecule has 1 N–H and O–H groups in total. The second-order valence-corrected chi connectivity index (χ2v) is 6.27. The van der Waals surface area contributed by atoms with Crippen molar-refractivity contribution in [2.75, 3.05) is 13.6 Å². The van der Waals surface area contributed by atoms with Crippen LogP contribution in [0.4, 0.5) is 0 Å². The van der Waals surface area contributed by atoms with E-state index < -0.39 is 5.97 Å². The predicted molar refractivity (Wildman–Crippen MR) is 95.5 cm³/mol. The third-order valence-electron chi connectivity index (χ3n) is 3.95. The van der Waals surface area contributed by atoms with Crippen LogP contribution in [0.25, 0.3) is 0 Å². The molecule has 4 heteroatoms. The van der Waals surface area contributed by atoms with Crippen molar-refractivity contribution in [1.29, 1.82) is 0 Å². The van der Waals surface area contributed by atoms with Crippen LogP contribution >= 0.6 is 0 Å². The zero-order valence-electron chi connectivity index (χ0n) is 15.1. The zero-order valence-corrected chi connectivity index (χ0v) is 15.1. The Hall–Kier alpha value is -1.32. The molecule has 0 aromatic rings. The molecule has 0 atom stereocenters. The van der Waals surface area contributed by atoms with Crippen LogP contribution in [0.5, 0.6) is 0 Å². The van der Waals surface area contributed by atoms with E-state index in [1.165, 1.54) is 49.8 Å². The minimum atomic E-state index is -0.959. The van der Waals surface area contributed by atoms with Crippen LogP contribution in [0.1, 0.15) is 84.0 Å². The van der Waals surface area contributed by atoms with Crippen LogP contribution in [0.15, 0.2) is 12.2 Å². The number of carboxylic acids is 1. The van der Waals surface area contributed by atoms with E-state index in [2.05, 4.69) is 19.1 Å². The number of amides is 1. The van der Waals surface area contributed by atoms with Gasteiger partial charge in [0.25, 0.3) is 0 Å². The van der Waals surface area contributed by atoms with Crippen LogP contribution in [0.3, 0.4) is 0 Å². The molecule has 0 spiro atoms. The van der Waals surface area contributed by atoms with E-state index in [4.69, 9.17) is 5.11 Å². The first kappa shape index (κ1) is 21.7. The first-order chi connectivity index (χ1) is 11.1. The van der Waals surface area contributed by atoms with Gasteiger partial charge in [0.1, 0.15) is 6.54 Å². The van der Waals surface area contributed by atoms with Crippen molar-refractivity contribution >= 4 is 11.9 Å². The van der Waals surface area contributed by atoms with E-state index in [1.807, 2.05) is 0 Å². The number of allylic oxidation sites excluding steroid dienone is 2. The summed E-state index contributed by atoms with van der Waals surface area (Å²) < 4.78 is 0. The molecule has 0 saturated carbocycles. The van der Waals surface area contributed by atoms with E-state index in [9.17, 15) is 9.59 Å². The Bertz CT molecular complexity index is 340. The Morgan fingerprint density at radius 1 is 0.870 bits per heavy atom. The maximum Gasteiger partial charge on any atom is 0.323 e. The van der Waals surface area contributed by atoms with Gasteiger partial charge in [0, 0.05) is 13.5 Å². The number of unbranched alkanes of at least 4 members (excludes halogenated alkanes) is 9. The second-order valence-electron chi connectivity index (χ2n) is 6.27. The number of carboxylic acid groups (broad SMARTS) is 1. The van der Waals surface area contributed by atoms with E-state index in [1.54, 1.807) is 7.05 Å². The molecule has 134 valence electrons. The van der Waals surface area contributed by atoms with Crippen LogP contribution in [0.2, 0.25) is 0 Å². The van der Waals surface area contributed by atoms with Crippen molar-refractivity contribution < 1.29 is 14.7 Å². The number of nitrogens with zero attached hydrogens (tertiary/aromatic N) is 1. The van der Waals surface area contributed by atoms with Gasteiger partial charge in [-0.1, -0.05) is 57.6 Å². The van der Waals surface area contributed by atoms with Gasteiger partial charge in [-0.15, -0.1) is 0 Å². The van der Waals surface area contributed by atoms with Crippen molar-refractivity contribution in [3.05, 3.63) is 12.2 Å². The quantitative estimate of drug-likeness (QED) is 0.348. The lowest BCUT2D eigenvalue weighted by atomic mass is 10.1. The van der Waals surface area contributed by atoms with Crippen LogP contribution < -0.4 is 0 Å². The Balaban J connectivity index is 3.34. The van der Waals surface area contributed by atoms with Gasteiger partial charge >= 0.3 is 5.97 Å². The number of hydrogen-bond acceptors (Lipinski definition) is 2. The summed E-state index contributed by atoms with van der Waals surface area (Å²) in [5.74, 6) is -1.03. The standard InChI is InChI=1S/C19H35NO3/c1-3-4-5-6-7-8-9-10-11-12-13-14-15-16-18(21)20(2)17-19(22)23/h8-9H,3-7,10-17H2,1-2H3,(H,22,23). The van der Waals surface area contributed by atoms with Crippen LogP contribution in [0, 0.1) is 0 Å². The van der Waals surface area contributed by atoms with Crippen molar-refractivity contribution in [2.45, 2.75) is 84.0 Å². The highest BCUT2D eigenvalue weighted by atomic mass is 16.4. The van der Waals surface area contributed by atoms with Crippen molar-refractivity contribution in [3.63, 3.8) is 0 Å². The van der Waals surface area contributed by atoms with Crippen molar-refractivity contribution in [3.8, 4) is 0 Å². The number of likely N-dealkylation sites (N-methyl/N-ethyl adjacent to an activating group) is 1. The largest absolute Gasteiger partial charge is 0.480 e. The third kappa shape index (κ3) is 15.4. The number of rotatable bonds is 15. The zero-order chi connectivity index (χ0) is 17.3. The highest BCUT2D eigenvalue weighted by Gasteiger charge is 2.10. The summed E-state index contributed by atoms with van der Waals surface area (Å²) in [5, 5.41) is 8.62. The fraction of sp³-hybridized carbons (Fsp3) is 0.789. The number of hydrogen-bond donors (Lipinski definition) is 1. The molecule has 0 aliphatic carbocycles. The average Bonchev–Trinajstić information content (AvgIpc) is 2.51. The van der Waals surface area contributed by atoms with Gasteiger partial charge in [-0.3, -0.25) is 9.59 Å². The van der Waals surface area contributed by atoms with Gasteiger partial charge < -0.3 is 10.0 Å². The van der Waals surface area contributed by atoms with Gasteiger partial charge in [0.2, 0.25) is 5.91 Å². The Kier molecular flexibility index (Phi) is 14.7. The third-order valence-corrected chi connectivity index (χ3v) is 3.95. The fourth-order valence-corrected chi connectivity index (χ4v) is 2.48. The first-order valence-corrected chi connectivity index (χ1v) is 9.18. The number of carbonyl (C=O) groups is 2. The highest BCUT2D eigenvalue weighted by Crippen LogP contribution is 2.09. The SMILES string of the molecule is CCCCCCC=CCCCCCCCC(=O)N(C)CC(=O)O. The number of aliphatic carboxylic acids is 1. The highest BCUT2D eigenvalue weighted by molar-refractivity contribution is 5.80. The fourth-order valence-electron chi connectivity index (χ4n) is 2.48. The molecule has 0 bridgehead atoms. The van der Waals surface area contributed by atoms with Gasteiger partial charge in [0.05, 0.1) is 0 Å². The molecule has 0 aromatic carbocycles. The molecule has 0 heterocycles. The molecule has 0 aliphatic rings. The summed E-state index contributed by atoms with van der Waals surface area (Å²) in [7, 11) is 1.55. The molecule has 0 fully saturated rings. The predicted octanol–water partition coefficient (Wildman–Crippen LogP) is 4.79. The van der Waals surface area contributed by atoms with Crippen molar-refractivity contribution in [2.24, 2.45) is 0 Å². The Morgan fingerprint density at radius 3 is 1.96 bits per heavy atom. The molecule has 0 saturated heterocycles. The minimum Gasteiger partial charge on any atom is -0.480 e. The second kappa shape index (κ2) is 15.6. The summed E-state index contributed by atoms with van der Waals surface area (Å²) in [5.41, 5.74) is 0. The van der Waals surface area contributed by atoms with E-state index in [0.29, 0.717) is 6.42 Å². The summed E-state index contributed by atoms with van der Waals surface area (Å²) in [6.45, 7) is 2.03. The first-order valence-electron chi connectivity index (χ1n) is 9.18. The molecule has 0 aliphatic heterocycles. The maximum atomic E-state index is 11.6. The lowest BCUT2D eigenvalue weighted by molar-refractivity contribution is -0.143. The Labute approximate surface area is 141 Å². The molecular weight excluding hydrogens is 290 g/mol. The molecular formula is C19H35NO3. The molecule has 0 aromatic heterocycles. The summed E-state index contributed by atoms with van der Waals surface area (Å²) in [6.07, 6.45) is 18.2. The molecule has 23 heavy (non-hydrogen) atoms. The average molecular weight is 325 g/mol. The van der Waals surface area contributed by atoms with Crippen molar-refractivity contribution in [1.82, 2.24) is 4.90 Å². The molecule has 0 rings (SSSR count). The van der Waals surface area contributed by atoms with Gasteiger partial charge in [-0.25, -0.2) is 0 Å². The minimum absolute atomic E-state index is 0.0709. The smallest absolute Gasteiger partial charge is 0.323 e. The van der Waals surface area contributed by atoms with E-state index >= 15 is 0 Å².